The van der Waals surface area contributed by atoms with E-state index in [2.05, 4.69) is 47.8 Å². The number of rotatable bonds is 3. The van der Waals surface area contributed by atoms with Crippen LogP contribution in [0.25, 0.3) is 0 Å². The van der Waals surface area contributed by atoms with Crippen molar-refractivity contribution in [3.05, 3.63) is 16.8 Å². The molecule has 2 heterocycles. The summed E-state index contributed by atoms with van der Waals surface area (Å²) >= 11 is 1.79. The molecule has 1 aliphatic rings. The average Bonchev–Trinajstić information content (AvgIpc) is 2.84. The molecule has 1 fully saturated rings. The zero-order valence-corrected chi connectivity index (χ0v) is 11.3. The number of anilines is 1. The second-order valence-corrected chi connectivity index (χ2v) is 6.49. The van der Waals surface area contributed by atoms with Crippen molar-refractivity contribution in [1.82, 2.24) is 5.32 Å². The van der Waals surface area contributed by atoms with Crippen LogP contribution in [0, 0.1) is 5.92 Å². The zero-order chi connectivity index (χ0) is 11.6. The predicted octanol–water partition coefficient (Wildman–Crippen LogP) is 2.96. The van der Waals surface area contributed by atoms with Crippen molar-refractivity contribution in [2.24, 2.45) is 5.92 Å². The Bertz CT molecular complexity index is 313. The van der Waals surface area contributed by atoms with E-state index in [1.165, 1.54) is 25.2 Å². The van der Waals surface area contributed by atoms with E-state index in [1.807, 2.05) is 0 Å². The highest BCUT2D eigenvalue weighted by Crippen LogP contribution is 2.25. The van der Waals surface area contributed by atoms with Crippen molar-refractivity contribution in [1.29, 1.82) is 0 Å². The summed E-state index contributed by atoms with van der Waals surface area (Å²) in [7, 11) is 0. The molecule has 16 heavy (non-hydrogen) atoms. The fourth-order valence-electron chi connectivity index (χ4n) is 2.12. The van der Waals surface area contributed by atoms with E-state index in [4.69, 9.17) is 0 Å². The van der Waals surface area contributed by atoms with E-state index < -0.39 is 0 Å². The van der Waals surface area contributed by atoms with Crippen LogP contribution in [0.3, 0.4) is 0 Å². The Morgan fingerprint density at radius 3 is 2.94 bits per heavy atom. The highest BCUT2D eigenvalue weighted by atomic mass is 32.1. The minimum atomic E-state index is 0.246. The first-order valence-electron chi connectivity index (χ1n) is 6.07. The molecule has 1 aromatic rings. The van der Waals surface area contributed by atoms with Gasteiger partial charge in [0.1, 0.15) is 0 Å². The number of nitrogens with zero attached hydrogens (tertiary/aromatic N) is 1. The average molecular weight is 238 g/mol. The van der Waals surface area contributed by atoms with Crippen LogP contribution in [0.1, 0.15) is 27.2 Å². The lowest BCUT2D eigenvalue weighted by molar-refractivity contribution is 0.383. The van der Waals surface area contributed by atoms with Crippen LogP contribution in [0.4, 0.5) is 5.69 Å². The summed E-state index contributed by atoms with van der Waals surface area (Å²) in [6.45, 7) is 10.3. The van der Waals surface area contributed by atoms with Gasteiger partial charge in [0.05, 0.1) is 0 Å². The maximum absolute atomic E-state index is 3.61. The largest absolute Gasteiger partial charge is 0.371 e. The Labute approximate surface area is 103 Å². The predicted molar refractivity (Wildman–Crippen MR) is 72.4 cm³/mol. The quantitative estimate of drug-likeness (QED) is 0.871. The Morgan fingerprint density at radius 1 is 1.50 bits per heavy atom. The molecule has 1 aliphatic heterocycles. The normalized spacial score (nSPS) is 21.7. The lowest BCUT2D eigenvalue weighted by atomic mass is 10.1. The third-order valence-electron chi connectivity index (χ3n) is 3.08. The van der Waals surface area contributed by atoms with Gasteiger partial charge in [-0.15, -0.1) is 0 Å². The fraction of sp³-hybridized carbons (Fsp3) is 0.692. The smallest absolute Gasteiger partial charge is 0.0474 e. The number of hydrogen-bond acceptors (Lipinski definition) is 3. The van der Waals surface area contributed by atoms with Crippen LogP contribution in [0.2, 0.25) is 0 Å². The molecule has 1 saturated heterocycles. The minimum absolute atomic E-state index is 0.246. The molecule has 90 valence electrons. The van der Waals surface area contributed by atoms with E-state index in [1.54, 1.807) is 11.3 Å². The lowest BCUT2D eigenvalue weighted by Gasteiger charge is -2.23. The summed E-state index contributed by atoms with van der Waals surface area (Å²) in [6.07, 6.45) is 1.32. The molecule has 0 spiro atoms. The number of nitrogens with one attached hydrogen (secondary N) is 1. The first-order chi connectivity index (χ1) is 7.54. The highest BCUT2D eigenvalue weighted by Gasteiger charge is 2.23. The molecule has 0 radical (unpaired) electrons. The standard InChI is InChI=1S/C13H22N2S/c1-13(2,3)14-8-11-4-6-15(9-11)12-5-7-16-10-12/h5,7,10-11,14H,4,6,8-9H2,1-3H3. The van der Waals surface area contributed by atoms with E-state index in [0.717, 1.165) is 12.5 Å². The summed E-state index contributed by atoms with van der Waals surface area (Å²) < 4.78 is 0. The summed E-state index contributed by atoms with van der Waals surface area (Å²) in [5.41, 5.74) is 1.65. The Morgan fingerprint density at radius 2 is 2.31 bits per heavy atom. The molecule has 1 aromatic heterocycles. The van der Waals surface area contributed by atoms with Crippen molar-refractivity contribution in [3.8, 4) is 0 Å². The van der Waals surface area contributed by atoms with Gasteiger partial charge >= 0.3 is 0 Å². The molecular weight excluding hydrogens is 216 g/mol. The Hall–Kier alpha value is -0.540. The fourth-order valence-corrected chi connectivity index (χ4v) is 2.79. The Kier molecular flexibility index (Phi) is 3.55. The van der Waals surface area contributed by atoms with Gasteiger partial charge in [-0.05, 0) is 44.6 Å². The Balaban J connectivity index is 1.80. The highest BCUT2D eigenvalue weighted by molar-refractivity contribution is 7.08. The second-order valence-electron chi connectivity index (χ2n) is 5.71. The van der Waals surface area contributed by atoms with Crippen LogP contribution in [0.15, 0.2) is 16.8 Å². The zero-order valence-electron chi connectivity index (χ0n) is 10.5. The van der Waals surface area contributed by atoms with Crippen LogP contribution in [-0.2, 0) is 0 Å². The van der Waals surface area contributed by atoms with Gasteiger partial charge in [0.15, 0.2) is 0 Å². The van der Waals surface area contributed by atoms with Crippen molar-refractivity contribution in [2.45, 2.75) is 32.7 Å². The van der Waals surface area contributed by atoms with Crippen LogP contribution < -0.4 is 10.2 Å². The number of hydrogen-bond donors (Lipinski definition) is 1. The van der Waals surface area contributed by atoms with E-state index in [9.17, 15) is 0 Å². The molecule has 0 bridgehead atoms. The van der Waals surface area contributed by atoms with E-state index >= 15 is 0 Å². The lowest BCUT2D eigenvalue weighted by Crippen LogP contribution is -2.39. The molecule has 2 rings (SSSR count). The van der Waals surface area contributed by atoms with Crippen molar-refractivity contribution in [2.75, 3.05) is 24.5 Å². The van der Waals surface area contributed by atoms with E-state index in [0.29, 0.717) is 0 Å². The monoisotopic (exact) mass is 238 g/mol. The molecule has 1 unspecified atom stereocenters. The molecule has 1 atom stereocenters. The maximum atomic E-state index is 3.61. The molecule has 0 amide bonds. The van der Waals surface area contributed by atoms with Crippen LogP contribution >= 0.6 is 11.3 Å². The SMILES string of the molecule is CC(C)(C)NCC1CCN(c2ccsc2)C1. The second kappa shape index (κ2) is 4.76. The van der Waals surface area contributed by atoms with Crippen molar-refractivity contribution < 1.29 is 0 Å². The van der Waals surface area contributed by atoms with Gasteiger partial charge in [0.25, 0.3) is 0 Å². The van der Waals surface area contributed by atoms with Gasteiger partial charge in [-0.3, -0.25) is 0 Å². The molecule has 1 N–H and O–H groups in total. The van der Waals surface area contributed by atoms with Gasteiger partial charge in [-0.2, -0.15) is 11.3 Å². The molecule has 2 nitrogen and oxygen atoms in total. The number of thiophene rings is 1. The molecule has 0 aromatic carbocycles. The van der Waals surface area contributed by atoms with Crippen molar-refractivity contribution >= 4 is 17.0 Å². The third-order valence-corrected chi connectivity index (χ3v) is 3.75. The van der Waals surface area contributed by atoms with Crippen LogP contribution in [-0.4, -0.2) is 25.2 Å². The first kappa shape index (κ1) is 11.9. The molecule has 3 heteroatoms. The summed E-state index contributed by atoms with van der Waals surface area (Å²) in [6, 6.07) is 2.23. The van der Waals surface area contributed by atoms with Crippen molar-refractivity contribution in [3.63, 3.8) is 0 Å². The summed E-state index contributed by atoms with van der Waals surface area (Å²) in [5.74, 6) is 0.805. The summed E-state index contributed by atoms with van der Waals surface area (Å²) in [4.78, 5) is 2.51. The van der Waals surface area contributed by atoms with Gasteiger partial charge in [0.2, 0.25) is 0 Å². The summed E-state index contributed by atoms with van der Waals surface area (Å²) in [5, 5.41) is 8.02. The maximum Gasteiger partial charge on any atom is 0.0474 e. The van der Waals surface area contributed by atoms with Gasteiger partial charge < -0.3 is 10.2 Å². The minimum Gasteiger partial charge on any atom is -0.371 e. The topological polar surface area (TPSA) is 15.3 Å². The van der Waals surface area contributed by atoms with Gasteiger partial charge in [-0.1, -0.05) is 0 Å². The van der Waals surface area contributed by atoms with Crippen LogP contribution in [0.5, 0.6) is 0 Å². The molecule has 0 saturated carbocycles. The van der Waals surface area contributed by atoms with E-state index in [-0.39, 0.29) is 5.54 Å². The molecular formula is C13H22N2S. The van der Waals surface area contributed by atoms with Gasteiger partial charge in [0, 0.05) is 36.2 Å². The molecule has 0 aliphatic carbocycles. The third kappa shape index (κ3) is 3.22. The first-order valence-corrected chi connectivity index (χ1v) is 7.01. The van der Waals surface area contributed by atoms with Gasteiger partial charge in [-0.25, -0.2) is 0 Å².